The zero-order chi connectivity index (χ0) is 13.4. The van der Waals surface area contributed by atoms with Gasteiger partial charge >= 0.3 is 0 Å². The number of rotatable bonds is 8. The lowest BCUT2D eigenvalue weighted by Crippen LogP contribution is -2.32. The second-order valence-corrected chi connectivity index (χ2v) is 4.49. The molecule has 0 aromatic heterocycles. The molecule has 1 aromatic rings. The maximum absolute atomic E-state index is 13.5. The standard InChI is InChI=1S/C14H23FN2O/c1-12(13-6-4-5-7-14(13)15)16-8-9-17(2)10-11-18-3/h4-7,12,16H,8-11H2,1-3H3. The van der Waals surface area contributed by atoms with Gasteiger partial charge in [-0.25, -0.2) is 4.39 Å². The molecule has 0 saturated heterocycles. The van der Waals surface area contributed by atoms with E-state index in [0.717, 1.165) is 31.8 Å². The van der Waals surface area contributed by atoms with E-state index in [1.807, 2.05) is 19.1 Å². The highest BCUT2D eigenvalue weighted by Crippen LogP contribution is 2.15. The summed E-state index contributed by atoms with van der Waals surface area (Å²) in [5, 5.41) is 3.32. The summed E-state index contributed by atoms with van der Waals surface area (Å²) in [5.74, 6) is -0.148. The fourth-order valence-electron chi connectivity index (χ4n) is 1.77. The lowest BCUT2D eigenvalue weighted by Gasteiger charge is -2.19. The monoisotopic (exact) mass is 254 g/mol. The molecule has 1 N–H and O–H groups in total. The second kappa shape index (κ2) is 8.19. The highest BCUT2D eigenvalue weighted by atomic mass is 19.1. The van der Waals surface area contributed by atoms with Gasteiger partial charge in [0, 0.05) is 38.3 Å². The van der Waals surface area contributed by atoms with Gasteiger partial charge in [0.2, 0.25) is 0 Å². The molecular weight excluding hydrogens is 231 g/mol. The number of nitrogens with one attached hydrogen (secondary N) is 1. The molecule has 0 aliphatic heterocycles. The van der Waals surface area contributed by atoms with Crippen molar-refractivity contribution in [1.29, 1.82) is 0 Å². The van der Waals surface area contributed by atoms with Crippen LogP contribution in [0, 0.1) is 5.82 Å². The maximum atomic E-state index is 13.5. The van der Waals surface area contributed by atoms with E-state index in [-0.39, 0.29) is 11.9 Å². The van der Waals surface area contributed by atoms with Gasteiger partial charge in [-0.05, 0) is 20.0 Å². The Bertz CT molecular complexity index is 346. The predicted octanol–water partition coefficient (Wildman–Crippen LogP) is 2.05. The van der Waals surface area contributed by atoms with Crippen molar-refractivity contribution in [2.45, 2.75) is 13.0 Å². The smallest absolute Gasteiger partial charge is 0.127 e. The van der Waals surface area contributed by atoms with Crippen LogP contribution >= 0.6 is 0 Å². The Balaban J connectivity index is 2.29. The van der Waals surface area contributed by atoms with Gasteiger partial charge < -0.3 is 15.0 Å². The summed E-state index contributed by atoms with van der Waals surface area (Å²) >= 11 is 0. The van der Waals surface area contributed by atoms with Crippen LogP contribution in [0.25, 0.3) is 0 Å². The molecular formula is C14H23FN2O. The Kier molecular flexibility index (Phi) is 6.86. The van der Waals surface area contributed by atoms with Crippen LogP contribution in [0.3, 0.4) is 0 Å². The van der Waals surface area contributed by atoms with Crippen LogP contribution in [0.15, 0.2) is 24.3 Å². The van der Waals surface area contributed by atoms with Gasteiger partial charge in [0.05, 0.1) is 6.61 Å². The van der Waals surface area contributed by atoms with Crippen molar-refractivity contribution in [3.8, 4) is 0 Å². The normalized spacial score (nSPS) is 12.9. The molecule has 0 amide bonds. The van der Waals surface area contributed by atoms with Gasteiger partial charge in [-0.1, -0.05) is 18.2 Å². The number of nitrogens with zero attached hydrogens (tertiary/aromatic N) is 1. The Morgan fingerprint density at radius 2 is 2.06 bits per heavy atom. The average molecular weight is 254 g/mol. The van der Waals surface area contributed by atoms with Crippen molar-refractivity contribution in [2.24, 2.45) is 0 Å². The molecule has 18 heavy (non-hydrogen) atoms. The van der Waals surface area contributed by atoms with Crippen molar-refractivity contribution in [3.63, 3.8) is 0 Å². The molecule has 0 bridgehead atoms. The van der Waals surface area contributed by atoms with E-state index in [0.29, 0.717) is 0 Å². The molecule has 0 aliphatic carbocycles. The Hall–Kier alpha value is -0.970. The maximum Gasteiger partial charge on any atom is 0.127 e. The Labute approximate surface area is 109 Å². The SMILES string of the molecule is COCCN(C)CCNC(C)c1ccccc1F. The minimum Gasteiger partial charge on any atom is -0.383 e. The molecule has 1 unspecified atom stereocenters. The highest BCUT2D eigenvalue weighted by Gasteiger charge is 2.09. The van der Waals surface area contributed by atoms with Crippen molar-refractivity contribution >= 4 is 0 Å². The number of methoxy groups -OCH3 is 1. The van der Waals surface area contributed by atoms with Crippen LogP contribution in [0.2, 0.25) is 0 Å². The van der Waals surface area contributed by atoms with E-state index in [1.54, 1.807) is 13.2 Å². The average Bonchev–Trinajstić information content (AvgIpc) is 2.36. The molecule has 0 radical (unpaired) electrons. The first kappa shape index (κ1) is 15.1. The number of ether oxygens (including phenoxy) is 1. The number of hydrogen-bond acceptors (Lipinski definition) is 3. The first-order chi connectivity index (χ1) is 8.65. The van der Waals surface area contributed by atoms with Crippen LogP contribution in [-0.4, -0.2) is 45.3 Å². The van der Waals surface area contributed by atoms with Crippen LogP contribution in [0.4, 0.5) is 4.39 Å². The summed E-state index contributed by atoms with van der Waals surface area (Å²) in [6.07, 6.45) is 0. The largest absolute Gasteiger partial charge is 0.383 e. The van der Waals surface area contributed by atoms with E-state index in [1.165, 1.54) is 6.07 Å². The lowest BCUT2D eigenvalue weighted by atomic mass is 10.1. The molecule has 0 spiro atoms. The zero-order valence-corrected chi connectivity index (χ0v) is 11.4. The molecule has 0 saturated carbocycles. The van der Waals surface area contributed by atoms with E-state index in [2.05, 4.69) is 17.3 Å². The highest BCUT2D eigenvalue weighted by molar-refractivity contribution is 5.20. The topological polar surface area (TPSA) is 24.5 Å². The Morgan fingerprint density at radius 3 is 2.72 bits per heavy atom. The first-order valence-corrected chi connectivity index (χ1v) is 6.30. The second-order valence-electron chi connectivity index (χ2n) is 4.49. The van der Waals surface area contributed by atoms with Crippen molar-refractivity contribution < 1.29 is 9.13 Å². The molecule has 4 heteroatoms. The van der Waals surface area contributed by atoms with E-state index < -0.39 is 0 Å². The lowest BCUT2D eigenvalue weighted by molar-refractivity contribution is 0.161. The van der Waals surface area contributed by atoms with Gasteiger partial charge in [0.15, 0.2) is 0 Å². The molecule has 0 fully saturated rings. The van der Waals surface area contributed by atoms with Gasteiger partial charge in [-0.15, -0.1) is 0 Å². The van der Waals surface area contributed by atoms with E-state index in [9.17, 15) is 4.39 Å². The Morgan fingerprint density at radius 1 is 1.33 bits per heavy atom. The molecule has 0 heterocycles. The third-order valence-electron chi connectivity index (χ3n) is 2.99. The third-order valence-corrected chi connectivity index (χ3v) is 2.99. The number of hydrogen-bond donors (Lipinski definition) is 1. The van der Waals surface area contributed by atoms with Gasteiger partial charge in [-0.3, -0.25) is 0 Å². The quantitative estimate of drug-likeness (QED) is 0.768. The minimum absolute atomic E-state index is 0.0297. The zero-order valence-electron chi connectivity index (χ0n) is 11.4. The number of likely N-dealkylation sites (N-methyl/N-ethyl adjacent to an activating group) is 1. The van der Waals surface area contributed by atoms with Crippen LogP contribution in [0.5, 0.6) is 0 Å². The van der Waals surface area contributed by atoms with Crippen LogP contribution in [-0.2, 0) is 4.74 Å². The molecule has 1 aromatic carbocycles. The minimum atomic E-state index is -0.148. The number of benzene rings is 1. The summed E-state index contributed by atoms with van der Waals surface area (Å²) < 4.78 is 18.5. The predicted molar refractivity (Wildman–Crippen MR) is 72.2 cm³/mol. The van der Waals surface area contributed by atoms with Crippen LogP contribution < -0.4 is 5.32 Å². The van der Waals surface area contributed by atoms with Crippen molar-refractivity contribution in [1.82, 2.24) is 10.2 Å². The van der Waals surface area contributed by atoms with E-state index >= 15 is 0 Å². The van der Waals surface area contributed by atoms with Gasteiger partial charge in [-0.2, -0.15) is 0 Å². The summed E-state index contributed by atoms with van der Waals surface area (Å²) in [5.41, 5.74) is 0.719. The number of halogens is 1. The molecule has 1 rings (SSSR count). The fraction of sp³-hybridized carbons (Fsp3) is 0.571. The van der Waals surface area contributed by atoms with Crippen molar-refractivity contribution in [3.05, 3.63) is 35.6 Å². The summed E-state index contributed by atoms with van der Waals surface area (Å²) in [4.78, 5) is 2.19. The molecule has 102 valence electrons. The molecule has 1 atom stereocenters. The third kappa shape index (κ3) is 5.12. The molecule has 0 aliphatic rings. The van der Waals surface area contributed by atoms with E-state index in [4.69, 9.17) is 4.74 Å². The summed E-state index contributed by atoms with van der Waals surface area (Å²) in [6, 6.07) is 6.92. The fourth-order valence-corrected chi connectivity index (χ4v) is 1.77. The van der Waals surface area contributed by atoms with Gasteiger partial charge in [0.25, 0.3) is 0 Å². The first-order valence-electron chi connectivity index (χ1n) is 6.30. The van der Waals surface area contributed by atoms with Crippen molar-refractivity contribution in [2.75, 3.05) is 40.4 Å². The summed E-state index contributed by atoms with van der Waals surface area (Å²) in [7, 11) is 3.75. The summed E-state index contributed by atoms with van der Waals surface area (Å²) in [6.45, 7) is 5.37. The molecule has 3 nitrogen and oxygen atoms in total. The van der Waals surface area contributed by atoms with Gasteiger partial charge in [0.1, 0.15) is 5.82 Å². The van der Waals surface area contributed by atoms with Crippen LogP contribution in [0.1, 0.15) is 18.5 Å².